The van der Waals surface area contributed by atoms with Gasteiger partial charge in [-0.2, -0.15) is 9.97 Å². The van der Waals surface area contributed by atoms with Crippen LogP contribution in [0.3, 0.4) is 0 Å². The molecule has 0 amide bonds. The van der Waals surface area contributed by atoms with Gasteiger partial charge in [0.05, 0.1) is 33.3 Å². The van der Waals surface area contributed by atoms with Gasteiger partial charge in [-0.1, -0.05) is 13.3 Å². The molecular formula is C18H33N6O5P. The summed E-state index contributed by atoms with van der Waals surface area (Å²) in [5.74, 6) is 0.418. The molecule has 0 aliphatic heterocycles. The standard InChI is InChI=1S/C18H33N6O5P/c1-5-7-9-29-30(25,23-14(3)11-27-6-2)13-28-10-8-24-12-20-15-16(24)21-18(19)22-17(15)26-4/h12,14H,5-11,13H2,1-4H3,(H,23,25)(H2,19,21,22)/t14-,30?/m1/s1. The van der Waals surface area contributed by atoms with E-state index in [4.69, 9.17) is 24.5 Å². The van der Waals surface area contributed by atoms with E-state index >= 15 is 0 Å². The Labute approximate surface area is 177 Å². The van der Waals surface area contributed by atoms with Crippen molar-refractivity contribution >= 4 is 24.6 Å². The zero-order chi connectivity index (χ0) is 22.0. The topological polar surface area (TPSA) is 136 Å². The number of fused-ring (bicyclic) bond motifs is 1. The van der Waals surface area contributed by atoms with E-state index in [-0.39, 0.29) is 18.3 Å². The number of ether oxygens (including phenoxy) is 3. The van der Waals surface area contributed by atoms with E-state index in [2.05, 4.69) is 27.0 Å². The minimum absolute atomic E-state index is 0.0414. The molecule has 2 rings (SSSR count). The van der Waals surface area contributed by atoms with E-state index in [0.29, 0.717) is 50.0 Å². The predicted octanol–water partition coefficient (Wildman–Crippen LogP) is 2.42. The van der Waals surface area contributed by atoms with Crippen molar-refractivity contribution in [3.63, 3.8) is 0 Å². The highest BCUT2D eigenvalue weighted by atomic mass is 31.2. The van der Waals surface area contributed by atoms with Gasteiger partial charge >= 0.3 is 0 Å². The fourth-order valence-corrected chi connectivity index (χ4v) is 4.49. The molecule has 2 atom stereocenters. The van der Waals surface area contributed by atoms with Gasteiger partial charge in [-0.25, -0.2) is 10.1 Å². The molecule has 2 heterocycles. The van der Waals surface area contributed by atoms with Crippen LogP contribution in [0.2, 0.25) is 0 Å². The summed E-state index contributed by atoms with van der Waals surface area (Å²) < 4.78 is 36.9. The molecule has 0 aliphatic carbocycles. The summed E-state index contributed by atoms with van der Waals surface area (Å²) in [6.07, 6.45) is 3.36. The van der Waals surface area contributed by atoms with Crippen LogP contribution in [0.25, 0.3) is 11.2 Å². The molecule has 0 aliphatic rings. The molecule has 2 aromatic rings. The molecule has 0 spiro atoms. The van der Waals surface area contributed by atoms with Crippen LogP contribution in [0.15, 0.2) is 6.33 Å². The van der Waals surface area contributed by atoms with Crippen molar-refractivity contribution in [2.75, 3.05) is 45.6 Å². The van der Waals surface area contributed by atoms with Crippen molar-refractivity contribution in [1.82, 2.24) is 24.6 Å². The van der Waals surface area contributed by atoms with Gasteiger partial charge in [0.1, 0.15) is 6.35 Å². The van der Waals surface area contributed by atoms with Crippen LogP contribution in [0.5, 0.6) is 5.88 Å². The van der Waals surface area contributed by atoms with Gasteiger partial charge in [-0.15, -0.1) is 0 Å². The van der Waals surface area contributed by atoms with Crippen molar-refractivity contribution in [3.8, 4) is 5.88 Å². The Bertz CT molecular complexity index is 833. The third-order valence-corrected chi connectivity index (χ3v) is 6.12. The van der Waals surface area contributed by atoms with E-state index in [1.54, 1.807) is 10.9 Å². The van der Waals surface area contributed by atoms with Crippen LogP contribution in [0.4, 0.5) is 5.95 Å². The monoisotopic (exact) mass is 444 g/mol. The molecule has 0 radical (unpaired) electrons. The Morgan fingerprint density at radius 2 is 2.07 bits per heavy atom. The number of hydrogen-bond donors (Lipinski definition) is 2. The fraction of sp³-hybridized carbons (Fsp3) is 0.722. The van der Waals surface area contributed by atoms with Gasteiger partial charge in [0.2, 0.25) is 11.8 Å². The van der Waals surface area contributed by atoms with E-state index in [0.717, 1.165) is 12.8 Å². The number of anilines is 1. The molecule has 0 aromatic carbocycles. The zero-order valence-corrected chi connectivity index (χ0v) is 19.1. The van der Waals surface area contributed by atoms with Crippen molar-refractivity contribution in [3.05, 3.63) is 6.33 Å². The number of rotatable bonds is 15. The second-order valence-electron chi connectivity index (χ2n) is 6.79. The molecule has 2 aromatic heterocycles. The fourth-order valence-electron chi connectivity index (χ4n) is 2.72. The molecule has 11 nitrogen and oxygen atoms in total. The summed E-state index contributed by atoms with van der Waals surface area (Å²) in [6.45, 7) is 8.06. The van der Waals surface area contributed by atoms with Gasteiger partial charge in [0.25, 0.3) is 7.52 Å². The molecule has 170 valence electrons. The van der Waals surface area contributed by atoms with Crippen LogP contribution in [-0.2, 0) is 25.1 Å². The highest BCUT2D eigenvalue weighted by Crippen LogP contribution is 2.43. The second-order valence-corrected chi connectivity index (χ2v) is 8.91. The van der Waals surface area contributed by atoms with Gasteiger partial charge < -0.3 is 29.0 Å². The summed E-state index contributed by atoms with van der Waals surface area (Å²) >= 11 is 0. The Hall–Kier alpha value is -1.78. The summed E-state index contributed by atoms with van der Waals surface area (Å²) in [4.78, 5) is 12.5. The number of nitrogens with two attached hydrogens (primary N) is 1. The van der Waals surface area contributed by atoms with Crippen LogP contribution in [0, 0.1) is 0 Å². The van der Waals surface area contributed by atoms with E-state index in [9.17, 15) is 4.57 Å². The molecule has 0 saturated heterocycles. The van der Waals surface area contributed by atoms with Crippen molar-refractivity contribution in [2.45, 2.75) is 46.2 Å². The first-order valence-corrected chi connectivity index (χ1v) is 11.9. The first-order chi connectivity index (χ1) is 14.4. The van der Waals surface area contributed by atoms with Crippen molar-refractivity contribution < 1.29 is 23.3 Å². The molecule has 1 unspecified atom stereocenters. The van der Waals surface area contributed by atoms with Gasteiger partial charge in [0.15, 0.2) is 11.2 Å². The quantitative estimate of drug-likeness (QED) is 0.311. The Kier molecular flexibility index (Phi) is 9.93. The number of methoxy groups -OCH3 is 1. The van der Waals surface area contributed by atoms with Gasteiger partial charge in [-0.3, -0.25) is 4.57 Å². The van der Waals surface area contributed by atoms with Gasteiger partial charge in [0, 0.05) is 19.2 Å². The van der Waals surface area contributed by atoms with Crippen LogP contribution in [-0.4, -0.2) is 65.4 Å². The lowest BCUT2D eigenvalue weighted by molar-refractivity contribution is 0.126. The molecule has 30 heavy (non-hydrogen) atoms. The average Bonchev–Trinajstić information content (AvgIpc) is 3.12. The molecule has 0 bridgehead atoms. The van der Waals surface area contributed by atoms with E-state index in [1.807, 2.05) is 13.8 Å². The Morgan fingerprint density at radius 3 is 2.77 bits per heavy atom. The number of imidazole rings is 1. The Balaban J connectivity index is 1.95. The average molecular weight is 444 g/mol. The molecule has 12 heteroatoms. The number of unbranched alkanes of at least 4 members (excludes halogenated alkanes) is 1. The summed E-state index contributed by atoms with van der Waals surface area (Å²) in [5, 5.41) is 3.04. The van der Waals surface area contributed by atoms with Crippen LogP contribution >= 0.6 is 7.52 Å². The van der Waals surface area contributed by atoms with Crippen LogP contribution < -0.4 is 15.6 Å². The predicted molar refractivity (Wildman–Crippen MR) is 115 cm³/mol. The van der Waals surface area contributed by atoms with Crippen molar-refractivity contribution in [1.29, 1.82) is 0 Å². The summed E-state index contributed by atoms with van der Waals surface area (Å²) in [7, 11) is -1.66. The smallest absolute Gasteiger partial charge is 0.295 e. The van der Waals surface area contributed by atoms with Gasteiger partial charge in [-0.05, 0) is 20.3 Å². The van der Waals surface area contributed by atoms with E-state index < -0.39 is 7.52 Å². The first kappa shape index (κ1) is 24.5. The molecular weight excluding hydrogens is 411 g/mol. The van der Waals surface area contributed by atoms with E-state index in [1.165, 1.54) is 7.11 Å². The number of nitrogens with zero attached hydrogens (tertiary/aromatic N) is 4. The first-order valence-electron chi connectivity index (χ1n) is 10.1. The maximum Gasteiger partial charge on any atom is 0.295 e. The second kappa shape index (κ2) is 12.2. The highest BCUT2D eigenvalue weighted by molar-refractivity contribution is 7.56. The highest BCUT2D eigenvalue weighted by Gasteiger charge is 2.26. The SMILES string of the molecule is CCCCOP(=O)(COCCn1cnc2c(OC)nc(N)nc21)N[C@H](C)COCC. The molecule has 3 N–H and O–H groups in total. The van der Waals surface area contributed by atoms with Crippen molar-refractivity contribution in [2.24, 2.45) is 0 Å². The number of aromatic nitrogens is 4. The molecule has 0 fully saturated rings. The maximum absolute atomic E-state index is 13.2. The largest absolute Gasteiger partial charge is 0.479 e. The normalized spacial score (nSPS) is 14.7. The molecule has 0 saturated carbocycles. The third kappa shape index (κ3) is 7.17. The lowest BCUT2D eigenvalue weighted by Gasteiger charge is -2.23. The summed E-state index contributed by atoms with van der Waals surface area (Å²) in [5.41, 5.74) is 6.80. The third-order valence-electron chi connectivity index (χ3n) is 4.17. The number of hydrogen-bond acceptors (Lipinski definition) is 9. The summed E-state index contributed by atoms with van der Waals surface area (Å²) in [6, 6.07) is -0.120. The lowest BCUT2D eigenvalue weighted by Crippen LogP contribution is -2.30. The minimum Gasteiger partial charge on any atom is -0.479 e. The number of nitrogens with one attached hydrogen (secondary N) is 1. The Morgan fingerprint density at radius 1 is 1.27 bits per heavy atom. The zero-order valence-electron chi connectivity index (χ0n) is 18.2. The minimum atomic E-state index is -3.16. The maximum atomic E-state index is 13.2. The number of nitrogen functional groups attached to an aromatic ring is 1. The van der Waals surface area contributed by atoms with Crippen LogP contribution in [0.1, 0.15) is 33.6 Å². The lowest BCUT2D eigenvalue weighted by atomic mass is 10.4.